The van der Waals surface area contributed by atoms with E-state index < -0.39 is 15.9 Å². The van der Waals surface area contributed by atoms with Crippen molar-refractivity contribution in [1.82, 2.24) is 5.32 Å². The number of aliphatic hydroxyl groups is 1. The van der Waals surface area contributed by atoms with Crippen LogP contribution in [0.1, 0.15) is 49.8 Å². The molecule has 1 unspecified atom stereocenters. The number of nitriles is 1. The van der Waals surface area contributed by atoms with Crippen molar-refractivity contribution in [2.75, 3.05) is 5.75 Å². The molecule has 1 fully saturated rings. The molecule has 1 aliphatic rings. The Bertz CT molecular complexity index is 1030. The summed E-state index contributed by atoms with van der Waals surface area (Å²) in [6, 6.07) is 14.5. The highest BCUT2D eigenvalue weighted by atomic mass is 32.2. The van der Waals surface area contributed by atoms with Gasteiger partial charge in [-0.2, -0.15) is 5.26 Å². The van der Waals surface area contributed by atoms with Crippen LogP contribution >= 0.6 is 0 Å². The predicted molar refractivity (Wildman–Crippen MR) is 115 cm³/mol. The summed E-state index contributed by atoms with van der Waals surface area (Å²) < 4.78 is 30.2. The zero-order chi connectivity index (χ0) is 22.4. The lowest BCUT2D eigenvalue weighted by molar-refractivity contribution is -0.129. The van der Waals surface area contributed by atoms with E-state index in [2.05, 4.69) is 5.32 Å². The molecule has 2 aromatic carbocycles. The average molecular weight is 443 g/mol. The molecule has 1 saturated carbocycles. The molecule has 1 aliphatic carbocycles. The molecule has 3 rings (SSSR count). The second kappa shape index (κ2) is 9.94. The van der Waals surface area contributed by atoms with E-state index in [1.165, 1.54) is 12.1 Å². The second-order valence-corrected chi connectivity index (χ2v) is 9.90. The number of benzene rings is 2. The zero-order valence-corrected chi connectivity index (χ0v) is 18.1. The van der Waals surface area contributed by atoms with E-state index in [1.807, 2.05) is 6.07 Å². The van der Waals surface area contributed by atoms with Crippen molar-refractivity contribution in [1.29, 1.82) is 5.26 Å². The van der Waals surface area contributed by atoms with Gasteiger partial charge in [0.05, 0.1) is 28.4 Å². The minimum absolute atomic E-state index is 0.00840. The van der Waals surface area contributed by atoms with E-state index in [1.54, 1.807) is 43.3 Å². The topological polar surface area (TPSA) is 116 Å². The van der Waals surface area contributed by atoms with Crippen molar-refractivity contribution in [3.8, 4) is 11.8 Å². The van der Waals surface area contributed by atoms with Crippen LogP contribution in [0.15, 0.2) is 53.4 Å². The van der Waals surface area contributed by atoms with Gasteiger partial charge in [-0.25, -0.2) is 8.42 Å². The third kappa shape index (κ3) is 5.84. The summed E-state index contributed by atoms with van der Waals surface area (Å²) in [7, 11) is -3.35. The van der Waals surface area contributed by atoms with Gasteiger partial charge in [0.25, 0.3) is 5.91 Å². The molecule has 8 heteroatoms. The number of rotatable bonds is 7. The summed E-state index contributed by atoms with van der Waals surface area (Å²) >= 11 is 0. The fraction of sp³-hybridized carbons (Fsp3) is 0.391. The molecule has 0 saturated heterocycles. The Morgan fingerprint density at radius 3 is 2.29 bits per heavy atom. The quantitative estimate of drug-likeness (QED) is 0.681. The minimum Gasteiger partial charge on any atom is -0.476 e. The summed E-state index contributed by atoms with van der Waals surface area (Å²) in [6.07, 6.45) is 1.32. The fourth-order valence-electron chi connectivity index (χ4n) is 3.53. The van der Waals surface area contributed by atoms with Gasteiger partial charge in [-0.15, -0.1) is 0 Å². The molecule has 0 heterocycles. The van der Waals surface area contributed by atoms with Crippen LogP contribution in [0, 0.1) is 11.3 Å². The number of ether oxygens (including phenoxy) is 1. The first kappa shape index (κ1) is 22.8. The van der Waals surface area contributed by atoms with Crippen LogP contribution in [0.3, 0.4) is 0 Å². The van der Waals surface area contributed by atoms with E-state index in [4.69, 9.17) is 10.00 Å². The summed E-state index contributed by atoms with van der Waals surface area (Å²) in [4.78, 5) is 13.3. The number of amides is 1. The lowest BCUT2D eigenvalue weighted by Gasteiger charge is -2.28. The first-order valence-corrected chi connectivity index (χ1v) is 12.0. The SMILES string of the molecule is CCS(=O)(=O)c1ccc(C(Oc2ccc(C#N)cc2)C(=O)NC2CCC(O)CC2)cc1. The smallest absolute Gasteiger partial charge is 0.266 e. The van der Waals surface area contributed by atoms with Crippen molar-refractivity contribution in [3.05, 3.63) is 59.7 Å². The van der Waals surface area contributed by atoms with Gasteiger partial charge in [0.15, 0.2) is 9.84 Å². The molecule has 1 atom stereocenters. The van der Waals surface area contributed by atoms with Crippen LogP contribution in [0.2, 0.25) is 0 Å². The van der Waals surface area contributed by atoms with Crippen LogP contribution in [-0.2, 0) is 14.6 Å². The predicted octanol–water partition coefficient (Wildman–Crippen LogP) is 2.89. The van der Waals surface area contributed by atoms with E-state index in [-0.39, 0.29) is 28.7 Å². The number of carbonyl (C=O) groups is 1. The summed E-state index contributed by atoms with van der Waals surface area (Å²) in [5, 5.41) is 21.6. The van der Waals surface area contributed by atoms with Gasteiger partial charge in [0.1, 0.15) is 5.75 Å². The molecule has 0 bridgehead atoms. The normalized spacial score (nSPS) is 19.8. The van der Waals surface area contributed by atoms with E-state index >= 15 is 0 Å². The van der Waals surface area contributed by atoms with Crippen LogP contribution in [-0.4, -0.2) is 37.3 Å². The largest absolute Gasteiger partial charge is 0.476 e. The van der Waals surface area contributed by atoms with E-state index in [0.717, 1.165) is 0 Å². The average Bonchev–Trinajstić information content (AvgIpc) is 2.79. The summed E-state index contributed by atoms with van der Waals surface area (Å²) in [5.74, 6) is 0.0752. The van der Waals surface area contributed by atoms with Crippen LogP contribution in [0.4, 0.5) is 0 Å². The number of carbonyl (C=O) groups excluding carboxylic acids is 1. The summed E-state index contributed by atoms with van der Waals surface area (Å²) in [6.45, 7) is 1.58. The van der Waals surface area contributed by atoms with Gasteiger partial charge in [-0.05, 0) is 62.1 Å². The number of hydrogen-bond donors (Lipinski definition) is 2. The fourth-order valence-corrected chi connectivity index (χ4v) is 4.41. The zero-order valence-electron chi connectivity index (χ0n) is 17.3. The lowest BCUT2D eigenvalue weighted by atomic mass is 9.93. The molecular formula is C23H26N2O5S. The highest BCUT2D eigenvalue weighted by Crippen LogP contribution is 2.26. The standard InChI is InChI=1S/C23H26N2O5S/c1-2-31(28,29)21-13-5-17(6-14-21)22(30-20-11-3-16(15-24)4-12-20)23(27)25-18-7-9-19(26)10-8-18/h3-6,11-14,18-19,22,26H,2,7-10H2,1H3,(H,25,27). The minimum atomic E-state index is -3.35. The van der Waals surface area contributed by atoms with Gasteiger partial charge in [0.2, 0.25) is 6.10 Å². The Hall–Kier alpha value is -2.89. The van der Waals surface area contributed by atoms with Crippen molar-refractivity contribution < 1.29 is 23.1 Å². The van der Waals surface area contributed by atoms with Crippen LogP contribution in [0.5, 0.6) is 5.75 Å². The molecule has 2 aromatic rings. The Morgan fingerprint density at radius 2 is 1.74 bits per heavy atom. The van der Waals surface area contributed by atoms with Gasteiger partial charge >= 0.3 is 0 Å². The number of hydrogen-bond acceptors (Lipinski definition) is 6. The molecule has 31 heavy (non-hydrogen) atoms. The third-order valence-electron chi connectivity index (χ3n) is 5.44. The Morgan fingerprint density at radius 1 is 1.13 bits per heavy atom. The van der Waals surface area contributed by atoms with E-state index in [9.17, 15) is 18.3 Å². The summed E-state index contributed by atoms with van der Waals surface area (Å²) in [5.41, 5.74) is 0.996. The van der Waals surface area contributed by atoms with Crippen molar-refractivity contribution in [2.45, 2.75) is 55.8 Å². The molecule has 0 aliphatic heterocycles. The monoisotopic (exact) mass is 442 g/mol. The number of sulfone groups is 1. The van der Waals surface area contributed by atoms with Crippen molar-refractivity contribution in [2.24, 2.45) is 0 Å². The molecular weight excluding hydrogens is 416 g/mol. The Labute approximate surface area is 182 Å². The molecule has 0 radical (unpaired) electrons. The number of nitrogens with one attached hydrogen (secondary N) is 1. The molecule has 0 aromatic heterocycles. The maximum atomic E-state index is 13.1. The lowest BCUT2D eigenvalue weighted by Crippen LogP contribution is -2.42. The van der Waals surface area contributed by atoms with Gasteiger partial charge in [-0.1, -0.05) is 19.1 Å². The van der Waals surface area contributed by atoms with Crippen LogP contribution in [0.25, 0.3) is 0 Å². The third-order valence-corrected chi connectivity index (χ3v) is 7.19. The number of nitrogens with zero attached hydrogens (tertiary/aromatic N) is 1. The Kier molecular flexibility index (Phi) is 7.31. The molecule has 1 amide bonds. The maximum absolute atomic E-state index is 13.1. The number of aliphatic hydroxyl groups excluding tert-OH is 1. The van der Waals surface area contributed by atoms with Crippen molar-refractivity contribution in [3.63, 3.8) is 0 Å². The Balaban J connectivity index is 1.84. The van der Waals surface area contributed by atoms with Crippen molar-refractivity contribution >= 4 is 15.7 Å². The van der Waals surface area contributed by atoms with Gasteiger partial charge in [0, 0.05) is 11.6 Å². The molecule has 0 spiro atoms. The highest BCUT2D eigenvalue weighted by Gasteiger charge is 2.28. The van der Waals surface area contributed by atoms with Crippen LogP contribution < -0.4 is 10.1 Å². The maximum Gasteiger partial charge on any atom is 0.266 e. The molecule has 164 valence electrons. The van der Waals surface area contributed by atoms with Gasteiger partial charge < -0.3 is 15.2 Å². The second-order valence-electron chi connectivity index (χ2n) is 7.62. The molecule has 7 nitrogen and oxygen atoms in total. The molecule has 2 N–H and O–H groups in total. The highest BCUT2D eigenvalue weighted by molar-refractivity contribution is 7.91. The van der Waals surface area contributed by atoms with Gasteiger partial charge in [-0.3, -0.25) is 4.79 Å². The first-order chi connectivity index (χ1) is 14.8. The van der Waals surface area contributed by atoms with E-state index in [0.29, 0.717) is 42.6 Å². The first-order valence-electron chi connectivity index (χ1n) is 10.3.